The van der Waals surface area contributed by atoms with Crippen molar-refractivity contribution in [2.75, 3.05) is 45.0 Å². The molecule has 0 spiro atoms. The van der Waals surface area contributed by atoms with Crippen molar-refractivity contribution >= 4 is 17.3 Å². The first kappa shape index (κ1) is 16.1. The minimum atomic E-state index is -0.867. The van der Waals surface area contributed by atoms with Gasteiger partial charge in [0.1, 0.15) is 11.5 Å². The minimum absolute atomic E-state index is 0.216. The van der Waals surface area contributed by atoms with Crippen LogP contribution in [0.4, 0.5) is 15.8 Å². The number of nitrogens with one attached hydrogen (secondary N) is 2. The first-order valence-corrected chi connectivity index (χ1v) is 6.93. The molecule has 0 aromatic heterocycles. The van der Waals surface area contributed by atoms with E-state index in [2.05, 4.69) is 15.5 Å². The van der Waals surface area contributed by atoms with Crippen LogP contribution < -0.4 is 16.4 Å². The van der Waals surface area contributed by atoms with Crippen molar-refractivity contribution in [3.05, 3.63) is 33.6 Å². The van der Waals surface area contributed by atoms with Crippen LogP contribution in [-0.4, -0.2) is 55.0 Å². The lowest BCUT2D eigenvalue weighted by atomic mass is 10.1. The molecule has 1 fully saturated rings. The second-order valence-corrected chi connectivity index (χ2v) is 4.99. The number of carbonyl (C=O) groups is 1. The van der Waals surface area contributed by atoms with Gasteiger partial charge in [0.05, 0.1) is 16.6 Å². The maximum Gasteiger partial charge on any atom is 0.295 e. The zero-order valence-corrected chi connectivity index (χ0v) is 12.0. The fraction of sp³-hybridized carbons (Fsp3) is 0.462. The summed E-state index contributed by atoms with van der Waals surface area (Å²) in [5.41, 5.74) is 4.43. The summed E-state index contributed by atoms with van der Waals surface area (Å²) in [5.74, 6) is -1.48. The minimum Gasteiger partial charge on any atom is -0.393 e. The van der Waals surface area contributed by atoms with Crippen LogP contribution in [-0.2, 0) is 0 Å². The highest BCUT2D eigenvalue weighted by atomic mass is 19.1. The van der Waals surface area contributed by atoms with Crippen molar-refractivity contribution in [3.8, 4) is 0 Å². The molecule has 1 aliphatic rings. The zero-order chi connectivity index (χ0) is 16.1. The number of hydrogen-bond donors (Lipinski definition) is 3. The lowest BCUT2D eigenvalue weighted by molar-refractivity contribution is -0.384. The summed E-state index contributed by atoms with van der Waals surface area (Å²) in [4.78, 5) is 24.2. The van der Waals surface area contributed by atoms with Gasteiger partial charge < -0.3 is 16.4 Å². The first-order chi connectivity index (χ1) is 10.5. The molecule has 9 heteroatoms. The molecule has 1 amide bonds. The van der Waals surface area contributed by atoms with Gasteiger partial charge in [-0.25, -0.2) is 4.39 Å². The normalized spacial score (nSPS) is 15.5. The van der Waals surface area contributed by atoms with E-state index >= 15 is 0 Å². The predicted molar refractivity (Wildman–Crippen MR) is 79.1 cm³/mol. The van der Waals surface area contributed by atoms with Gasteiger partial charge in [-0.15, -0.1) is 0 Å². The van der Waals surface area contributed by atoms with Crippen molar-refractivity contribution in [1.29, 1.82) is 0 Å². The Labute approximate surface area is 126 Å². The van der Waals surface area contributed by atoms with E-state index in [0.717, 1.165) is 32.2 Å². The molecular formula is C13H18FN5O3. The molecule has 4 N–H and O–H groups in total. The van der Waals surface area contributed by atoms with Crippen molar-refractivity contribution in [2.24, 2.45) is 0 Å². The van der Waals surface area contributed by atoms with E-state index in [1.807, 2.05) is 0 Å². The van der Waals surface area contributed by atoms with Gasteiger partial charge >= 0.3 is 0 Å². The summed E-state index contributed by atoms with van der Waals surface area (Å²) in [7, 11) is 0. The van der Waals surface area contributed by atoms with Crippen molar-refractivity contribution < 1.29 is 14.1 Å². The highest BCUT2D eigenvalue weighted by molar-refractivity contribution is 6.01. The predicted octanol–water partition coefficient (Wildman–Crippen LogP) is -0.0489. The molecule has 0 saturated carbocycles. The third kappa shape index (κ3) is 3.89. The molecule has 1 aromatic rings. The fourth-order valence-corrected chi connectivity index (χ4v) is 2.30. The number of nitrogen functional groups attached to an aromatic ring is 1. The molecule has 22 heavy (non-hydrogen) atoms. The topological polar surface area (TPSA) is 114 Å². The maximum atomic E-state index is 13.4. The van der Waals surface area contributed by atoms with Gasteiger partial charge in [0.2, 0.25) is 0 Å². The summed E-state index contributed by atoms with van der Waals surface area (Å²) in [6, 6.07) is 1.61. The first-order valence-electron chi connectivity index (χ1n) is 6.93. The maximum absolute atomic E-state index is 13.4. The summed E-state index contributed by atoms with van der Waals surface area (Å²) >= 11 is 0. The van der Waals surface area contributed by atoms with E-state index in [9.17, 15) is 19.3 Å². The standard InChI is InChI=1S/C13H18FN5O3/c14-9-7-10(12(15)11(8-9)19(21)22)13(20)17-3-6-18-4-1-16-2-5-18/h7-8,16H,1-6,15H2,(H,17,20). The third-order valence-electron chi connectivity index (χ3n) is 3.49. The number of rotatable bonds is 5. The molecule has 0 unspecified atom stereocenters. The van der Waals surface area contributed by atoms with E-state index in [1.165, 1.54) is 0 Å². The van der Waals surface area contributed by atoms with Crippen molar-refractivity contribution in [3.63, 3.8) is 0 Å². The van der Waals surface area contributed by atoms with Crippen LogP contribution in [0.3, 0.4) is 0 Å². The number of piperazine rings is 1. The molecule has 0 bridgehead atoms. The number of nitro benzene ring substituents is 1. The molecule has 2 rings (SSSR count). The smallest absolute Gasteiger partial charge is 0.295 e. The molecule has 1 heterocycles. The largest absolute Gasteiger partial charge is 0.393 e. The molecule has 0 aliphatic carbocycles. The Hall–Kier alpha value is -2.26. The van der Waals surface area contributed by atoms with Gasteiger partial charge in [-0.2, -0.15) is 0 Å². The number of amides is 1. The number of carbonyl (C=O) groups excluding carboxylic acids is 1. The highest BCUT2D eigenvalue weighted by Crippen LogP contribution is 2.26. The summed E-state index contributed by atoms with van der Waals surface area (Å²) in [5, 5.41) is 16.6. The summed E-state index contributed by atoms with van der Waals surface area (Å²) in [6.45, 7) is 4.61. The van der Waals surface area contributed by atoms with Crippen molar-refractivity contribution in [1.82, 2.24) is 15.5 Å². The molecule has 0 atom stereocenters. The lowest BCUT2D eigenvalue weighted by Gasteiger charge is -2.27. The van der Waals surface area contributed by atoms with Crippen LogP contribution in [0.1, 0.15) is 10.4 Å². The van der Waals surface area contributed by atoms with Crippen LogP contribution in [0, 0.1) is 15.9 Å². The second-order valence-electron chi connectivity index (χ2n) is 4.99. The summed E-state index contributed by atoms with van der Waals surface area (Å²) in [6.07, 6.45) is 0. The van der Waals surface area contributed by atoms with Gasteiger partial charge in [-0.1, -0.05) is 0 Å². The SMILES string of the molecule is Nc1c(C(=O)NCCN2CCNCC2)cc(F)cc1[N+](=O)[O-]. The Morgan fingerprint density at radius 3 is 2.77 bits per heavy atom. The average Bonchev–Trinajstić information content (AvgIpc) is 2.50. The van der Waals surface area contributed by atoms with Gasteiger partial charge in [-0.3, -0.25) is 19.8 Å². The zero-order valence-electron chi connectivity index (χ0n) is 12.0. The van der Waals surface area contributed by atoms with Crippen LogP contribution in [0.5, 0.6) is 0 Å². The van der Waals surface area contributed by atoms with Crippen LogP contribution >= 0.6 is 0 Å². The Kier molecular flexibility index (Phi) is 5.23. The van der Waals surface area contributed by atoms with E-state index in [1.54, 1.807) is 0 Å². The Bertz CT molecular complexity index is 575. The highest BCUT2D eigenvalue weighted by Gasteiger charge is 2.21. The van der Waals surface area contributed by atoms with E-state index in [0.29, 0.717) is 19.2 Å². The quantitative estimate of drug-likeness (QED) is 0.399. The Morgan fingerprint density at radius 1 is 1.45 bits per heavy atom. The number of nitro groups is 1. The average molecular weight is 311 g/mol. The molecule has 1 aromatic carbocycles. The van der Waals surface area contributed by atoms with E-state index in [4.69, 9.17) is 5.73 Å². The third-order valence-corrected chi connectivity index (χ3v) is 3.49. The van der Waals surface area contributed by atoms with Crippen LogP contribution in [0.25, 0.3) is 0 Å². The second kappa shape index (κ2) is 7.14. The molecule has 0 radical (unpaired) electrons. The fourth-order valence-electron chi connectivity index (χ4n) is 2.30. The number of halogens is 1. The number of hydrogen-bond acceptors (Lipinski definition) is 6. The molecule has 1 aliphatic heterocycles. The number of nitrogens with zero attached hydrogens (tertiary/aromatic N) is 2. The summed E-state index contributed by atoms with van der Waals surface area (Å²) < 4.78 is 13.4. The molecule has 120 valence electrons. The molecular weight excluding hydrogens is 293 g/mol. The monoisotopic (exact) mass is 311 g/mol. The van der Waals surface area contributed by atoms with Gasteiger partial charge in [-0.05, 0) is 6.07 Å². The Morgan fingerprint density at radius 2 is 2.14 bits per heavy atom. The number of benzene rings is 1. The molecule has 8 nitrogen and oxygen atoms in total. The van der Waals surface area contributed by atoms with Gasteiger partial charge in [0.25, 0.3) is 11.6 Å². The van der Waals surface area contributed by atoms with Gasteiger partial charge in [0, 0.05) is 39.3 Å². The van der Waals surface area contributed by atoms with Crippen LogP contribution in [0.15, 0.2) is 12.1 Å². The van der Waals surface area contributed by atoms with E-state index in [-0.39, 0.29) is 11.3 Å². The Balaban J connectivity index is 1.98. The van der Waals surface area contributed by atoms with Crippen molar-refractivity contribution in [2.45, 2.75) is 0 Å². The molecule has 1 saturated heterocycles. The number of anilines is 1. The lowest BCUT2D eigenvalue weighted by Crippen LogP contribution is -2.46. The van der Waals surface area contributed by atoms with E-state index < -0.39 is 22.3 Å². The van der Waals surface area contributed by atoms with Gasteiger partial charge in [0.15, 0.2) is 0 Å². The van der Waals surface area contributed by atoms with Crippen LogP contribution in [0.2, 0.25) is 0 Å². The number of nitrogens with two attached hydrogens (primary N) is 1.